The first-order valence-corrected chi connectivity index (χ1v) is 8.77. The van der Waals surface area contributed by atoms with E-state index in [0.29, 0.717) is 25.3 Å². The van der Waals surface area contributed by atoms with Gasteiger partial charge in [0.05, 0.1) is 20.6 Å². The van der Waals surface area contributed by atoms with Gasteiger partial charge in [-0.2, -0.15) is 0 Å². The Morgan fingerprint density at radius 2 is 1.59 bits per heavy atom. The van der Waals surface area contributed by atoms with Gasteiger partial charge >= 0.3 is 5.97 Å². The van der Waals surface area contributed by atoms with Crippen molar-refractivity contribution in [3.05, 3.63) is 60.2 Å². The number of carbonyl (C=O) groups excluding carboxylic acids is 2. The van der Waals surface area contributed by atoms with Gasteiger partial charge in [0.25, 0.3) is 5.91 Å². The van der Waals surface area contributed by atoms with Gasteiger partial charge in [-0.15, -0.1) is 0 Å². The summed E-state index contributed by atoms with van der Waals surface area (Å²) < 4.78 is 15.4. The number of rotatable bonds is 10. The zero-order valence-corrected chi connectivity index (χ0v) is 15.7. The first kappa shape index (κ1) is 20.3. The molecular weight excluding hydrogens is 346 g/mol. The van der Waals surface area contributed by atoms with E-state index in [2.05, 4.69) is 4.74 Å². The Labute approximate surface area is 159 Å². The fraction of sp³-hybridized carbons (Fsp3) is 0.333. The maximum Gasteiger partial charge on any atom is 0.307 e. The normalized spacial score (nSPS) is 10.1. The van der Waals surface area contributed by atoms with Crippen molar-refractivity contribution in [1.82, 2.24) is 4.90 Å². The van der Waals surface area contributed by atoms with Crippen molar-refractivity contribution >= 4 is 11.9 Å². The van der Waals surface area contributed by atoms with E-state index in [1.165, 1.54) is 7.11 Å². The van der Waals surface area contributed by atoms with Crippen LogP contribution in [0.2, 0.25) is 0 Å². The molecule has 6 nitrogen and oxygen atoms in total. The molecule has 0 saturated heterocycles. The molecule has 0 heterocycles. The van der Waals surface area contributed by atoms with Crippen molar-refractivity contribution in [1.29, 1.82) is 0 Å². The molecule has 0 unspecified atom stereocenters. The first-order valence-electron chi connectivity index (χ1n) is 8.77. The maximum absolute atomic E-state index is 12.6. The van der Waals surface area contributed by atoms with Gasteiger partial charge in [-0.3, -0.25) is 9.59 Å². The number of methoxy groups -OCH3 is 2. The van der Waals surface area contributed by atoms with E-state index in [1.807, 2.05) is 42.5 Å². The van der Waals surface area contributed by atoms with E-state index in [0.717, 1.165) is 11.3 Å². The van der Waals surface area contributed by atoms with Crippen molar-refractivity contribution in [2.24, 2.45) is 0 Å². The summed E-state index contributed by atoms with van der Waals surface area (Å²) >= 11 is 0. The zero-order valence-electron chi connectivity index (χ0n) is 15.7. The molecule has 1 amide bonds. The molecule has 144 valence electrons. The number of carbonyl (C=O) groups is 2. The molecule has 0 spiro atoms. The van der Waals surface area contributed by atoms with Crippen LogP contribution in [0.15, 0.2) is 54.6 Å². The third-order valence-corrected chi connectivity index (χ3v) is 4.10. The van der Waals surface area contributed by atoms with Gasteiger partial charge in [0.1, 0.15) is 11.5 Å². The van der Waals surface area contributed by atoms with Gasteiger partial charge in [-0.1, -0.05) is 30.3 Å². The number of ether oxygens (including phenoxy) is 3. The molecule has 0 aliphatic carbocycles. The highest BCUT2D eigenvalue weighted by atomic mass is 16.5. The van der Waals surface area contributed by atoms with Crippen LogP contribution in [0.4, 0.5) is 0 Å². The molecule has 6 heteroatoms. The van der Waals surface area contributed by atoms with Gasteiger partial charge in [0.2, 0.25) is 0 Å². The lowest BCUT2D eigenvalue weighted by Gasteiger charge is -2.22. The summed E-state index contributed by atoms with van der Waals surface area (Å²) in [6, 6.07) is 16.9. The minimum atomic E-state index is -0.346. The van der Waals surface area contributed by atoms with Crippen LogP contribution in [0, 0.1) is 0 Å². The summed E-state index contributed by atoms with van der Waals surface area (Å²) in [5, 5.41) is 0. The van der Waals surface area contributed by atoms with E-state index in [9.17, 15) is 9.59 Å². The quantitative estimate of drug-likeness (QED) is 0.601. The van der Waals surface area contributed by atoms with Crippen molar-refractivity contribution in [3.63, 3.8) is 0 Å². The first-order chi connectivity index (χ1) is 13.1. The van der Waals surface area contributed by atoms with Crippen LogP contribution in [0.25, 0.3) is 0 Å². The Morgan fingerprint density at radius 1 is 0.889 bits per heavy atom. The molecule has 2 aromatic rings. The second-order valence-electron chi connectivity index (χ2n) is 5.91. The summed E-state index contributed by atoms with van der Waals surface area (Å²) in [7, 11) is 2.96. The summed E-state index contributed by atoms with van der Waals surface area (Å²) in [4.78, 5) is 25.7. The van der Waals surface area contributed by atoms with Crippen molar-refractivity contribution in [2.75, 3.05) is 33.9 Å². The Hall–Kier alpha value is -3.02. The van der Waals surface area contributed by atoms with E-state index in [-0.39, 0.29) is 24.9 Å². The number of hydrogen-bond donors (Lipinski definition) is 0. The van der Waals surface area contributed by atoms with Crippen LogP contribution in [-0.4, -0.2) is 50.7 Å². The van der Waals surface area contributed by atoms with Crippen molar-refractivity contribution in [2.45, 2.75) is 12.8 Å². The van der Waals surface area contributed by atoms with Crippen molar-refractivity contribution in [3.8, 4) is 11.5 Å². The molecule has 0 aliphatic rings. The molecule has 0 radical (unpaired) electrons. The number of para-hydroxylation sites is 1. The molecule has 2 rings (SSSR count). The number of hydrogen-bond acceptors (Lipinski definition) is 5. The molecule has 0 bridgehead atoms. The number of amides is 1. The molecular formula is C21H25NO5. The highest BCUT2D eigenvalue weighted by Crippen LogP contribution is 2.13. The van der Waals surface area contributed by atoms with Gasteiger partial charge < -0.3 is 19.1 Å². The van der Waals surface area contributed by atoms with Gasteiger partial charge in [0.15, 0.2) is 6.61 Å². The summed E-state index contributed by atoms with van der Waals surface area (Å²) in [6.45, 7) is 0.702. The lowest BCUT2D eigenvalue weighted by molar-refractivity contribution is -0.142. The number of benzene rings is 2. The van der Waals surface area contributed by atoms with Gasteiger partial charge in [-0.05, 0) is 36.2 Å². The summed E-state index contributed by atoms with van der Waals surface area (Å²) in [5.41, 5.74) is 1.08. The van der Waals surface area contributed by atoms with Crippen LogP contribution in [-0.2, 0) is 20.7 Å². The van der Waals surface area contributed by atoms with Gasteiger partial charge in [0, 0.05) is 13.1 Å². The Morgan fingerprint density at radius 3 is 2.22 bits per heavy atom. The number of nitrogens with zero attached hydrogens (tertiary/aromatic N) is 1. The standard InChI is InChI=1S/C21H25NO5/c1-25-18-10-8-17(9-11-18)12-14-22(15-13-21(24)26-2)20(23)16-27-19-6-4-3-5-7-19/h3-11H,12-16H2,1-2H3. The average molecular weight is 371 g/mol. The zero-order chi connectivity index (χ0) is 19.5. The Bertz CT molecular complexity index is 715. The Balaban J connectivity index is 1.93. The summed E-state index contributed by atoms with van der Waals surface area (Å²) in [5.74, 6) is 0.903. The second-order valence-corrected chi connectivity index (χ2v) is 5.91. The smallest absolute Gasteiger partial charge is 0.307 e. The van der Waals surface area contributed by atoms with Crippen molar-refractivity contribution < 1.29 is 23.8 Å². The SMILES string of the molecule is COC(=O)CCN(CCc1ccc(OC)cc1)C(=O)COc1ccccc1. The monoisotopic (exact) mass is 371 g/mol. The van der Waals surface area contributed by atoms with E-state index >= 15 is 0 Å². The van der Waals surface area contributed by atoms with E-state index < -0.39 is 0 Å². The van der Waals surface area contributed by atoms with Crippen LogP contribution >= 0.6 is 0 Å². The molecule has 0 atom stereocenters. The molecule has 0 N–H and O–H groups in total. The topological polar surface area (TPSA) is 65.1 Å². The fourth-order valence-electron chi connectivity index (χ4n) is 2.50. The lowest BCUT2D eigenvalue weighted by Crippen LogP contribution is -2.38. The maximum atomic E-state index is 12.6. The third kappa shape index (κ3) is 7.01. The van der Waals surface area contributed by atoms with E-state index in [1.54, 1.807) is 24.1 Å². The predicted molar refractivity (Wildman–Crippen MR) is 102 cm³/mol. The molecule has 0 saturated carbocycles. The lowest BCUT2D eigenvalue weighted by atomic mass is 10.1. The average Bonchev–Trinajstić information content (AvgIpc) is 2.73. The molecule has 0 fully saturated rings. The van der Waals surface area contributed by atoms with Crippen LogP contribution in [0.5, 0.6) is 11.5 Å². The highest BCUT2D eigenvalue weighted by Gasteiger charge is 2.16. The summed E-state index contributed by atoms with van der Waals surface area (Å²) in [6.07, 6.45) is 0.818. The third-order valence-electron chi connectivity index (χ3n) is 4.10. The minimum Gasteiger partial charge on any atom is -0.497 e. The molecule has 2 aromatic carbocycles. The fourth-order valence-corrected chi connectivity index (χ4v) is 2.50. The molecule has 0 aliphatic heterocycles. The molecule has 0 aromatic heterocycles. The van der Waals surface area contributed by atoms with Crippen LogP contribution in [0.3, 0.4) is 0 Å². The molecule has 27 heavy (non-hydrogen) atoms. The largest absolute Gasteiger partial charge is 0.497 e. The highest BCUT2D eigenvalue weighted by molar-refractivity contribution is 5.78. The number of esters is 1. The van der Waals surface area contributed by atoms with Crippen LogP contribution < -0.4 is 9.47 Å². The minimum absolute atomic E-state index is 0.0756. The predicted octanol–water partition coefficient (Wildman–Crippen LogP) is 2.71. The van der Waals surface area contributed by atoms with E-state index in [4.69, 9.17) is 9.47 Å². The van der Waals surface area contributed by atoms with Gasteiger partial charge in [-0.25, -0.2) is 0 Å². The second kappa shape index (κ2) is 10.9. The van der Waals surface area contributed by atoms with Crippen LogP contribution in [0.1, 0.15) is 12.0 Å². The Kier molecular flexibility index (Phi) is 8.16.